The van der Waals surface area contributed by atoms with Crippen molar-refractivity contribution in [1.82, 2.24) is 9.88 Å². The fourth-order valence-electron chi connectivity index (χ4n) is 3.23. The minimum absolute atomic E-state index is 0.264. The van der Waals surface area contributed by atoms with Gasteiger partial charge in [0, 0.05) is 24.3 Å². The van der Waals surface area contributed by atoms with Gasteiger partial charge in [0.05, 0.1) is 21.3 Å². The number of likely N-dealkylation sites (tertiary alicyclic amines) is 1. The molecule has 1 aliphatic heterocycles. The molecule has 1 aliphatic rings. The van der Waals surface area contributed by atoms with Crippen molar-refractivity contribution in [2.75, 3.05) is 6.54 Å². The van der Waals surface area contributed by atoms with E-state index in [0.717, 1.165) is 36.3 Å². The highest BCUT2D eigenvalue weighted by Gasteiger charge is 2.30. The molecule has 3 nitrogen and oxygen atoms in total. The zero-order chi connectivity index (χ0) is 15.6. The molecule has 1 aromatic carbocycles. The van der Waals surface area contributed by atoms with Crippen molar-refractivity contribution in [3.63, 3.8) is 0 Å². The summed E-state index contributed by atoms with van der Waals surface area (Å²) in [6, 6.07) is 12.7. The van der Waals surface area contributed by atoms with Gasteiger partial charge in [-0.15, -0.1) is 22.7 Å². The first-order valence-corrected chi connectivity index (χ1v) is 9.68. The molecule has 118 valence electrons. The highest BCUT2D eigenvalue weighted by molar-refractivity contribution is 7.18. The molecule has 1 saturated heterocycles. The number of carbonyl (C=O) groups excluding carboxylic acids is 1. The predicted octanol–water partition coefficient (Wildman–Crippen LogP) is 4.65. The quantitative estimate of drug-likeness (QED) is 0.691. The Labute approximate surface area is 143 Å². The normalized spacial score (nSPS) is 17.9. The number of hydrogen-bond donors (Lipinski definition) is 0. The van der Waals surface area contributed by atoms with Gasteiger partial charge >= 0.3 is 0 Å². The number of fused-ring (bicyclic) bond motifs is 1. The topological polar surface area (TPSA) is 33.2 Å². The molecule has 0 unspecified atom stereocenters. The van der Waals surface area contributed by atoms with Gasteiger partial charge < -0.3 is 4.90 Å². The Bertz CT molecular complexity index is 776. The van der Waals surface area contributed by atoms with Crippen LogP contribution in [-0.4, -0.2) is 22.3 Å². The number of carbonyl (C=O) groups is 1. The minimum atomic E-state index is 0.264. The summed E-state index contributed by atoms with van der Waals surface area (Å²) >= 11 is 3.46. The van der Waals surface area contributed by atoms with Crippen LogP contribution in [0.1, 0.15) is 35.2 Å². The molecule has 5 heteroatoms. The second-order valence-corrected chi connectivity index (χ2v) is 7.93. The Morgan fingerprint density at radius 1 is 1.26 bits per heavy atom. The van der Waals surface area contributed by atoms with Gasteiger partial charge in [-0.25, -0.2) is 4.98 Å². The van der Waals surface area contributed by atoms with Gasteiger partial charge in [-0.05, 0) is 36.4 Å². The minimum Gasteiger partial charge on any atom is -0.335 e. The van der Waals surface area contributed by atoms with Gasteiger partial charge in [0.25, 0.3) is 0 Å². The summed E-state index contributed by atoms with van der Waals surface area (Å²) in [5.41, 5.74) is 1.04. The summed E-state index contributed by atoms with van der Waals surface area (Å²) in [7, 11) is 0. The highest BCUT2D eigenvalue weighted by atomic mass is 32.1. The lowest BCUT2D eigenvalue weighted by molar-refractivity contribution is -0.132. The third-order valence-corrected chi connectivity index (χ3v) is 6.41. The van der Waals surface area contributed by atoms with Crippen molar-refractivity contribution in [3.8, 4) is 0 Å². The molecule has 4 rings (SSSR count). The van der Waals surface area contributed by atoms with Crippen LogP contribution in [0.2, 0.25) is 0 Å². The molecule has 1 atom stereocenters. The second kappa shape index (κ2) is 6.42. The second-order valence-electron chi connectivity index (χ2n) is 5.84. The van der Waals surface area contributed by atoms with Crippen molar-refractivity contribution in [2.24, 2.45) is 0 Å². The number of hydrogen-bond acceptors (Lipinski definition) is 4. The van der Waals surface area contributed by atoms with E-state index in [9.17, 15) is 4.79 Å². The molecule has 1 fully saturated rings. The monoisotopic (exact) mass is 342 g/mol. The van der Waals surface area contributed by atoms with Crippen LogP contribution in [0.3, 0.4) is 0 Å². The maximum absolute atomic E-state index is 12.6. The van der Waals surface area contributed by atoms with Crippen LogP contribution >= 0.6 is 22.7 Å². The van der Waals surface area contributed by atoms with Crippen molar-refractivity contribution in [3.05, 3.63) is 51.7 Å². The first-order chi connectivity index (χ1) is 11.3. The maximum atomic E-state index is 12.6. The molecule has 0 bridgehead atoms. The molecule has 23 heavy (non-hydrogen) atoms. The molecule has 0 N–H and O–H groups in total. The number of thiophene rings is 1. The molecular weight excluding hydrogens is 324 g/mol. The van der Waals surface area contributed by atoms with E-state index in [4.69, 9.17) is 0 Å². The third-order valence-electron chi connectivity index (χ3n) is 4.34. The van der Waals surface area contributed by atoms with E-state index in [1.165, 1.54) is 9.58 Å². The van der Waals surface area contributed by atoms with Crippen molar-refractivity contribution < 1.29 is 4.79 Å². The molecule has 0 saturated carbocycles. The van der Waals surface area contributed by atoms with E-state index in [0.29, 0.717) is 6.42 Å². The fourth-order valence-corrected chi connectivity index (χ4v) is 5.07. The lowest BCUT2D eigenvalue weighted by atomic mass is 10.1. The summed E-state index contributed by atoms with van der Waals surface area (Å²) in [6.07, 6.45) is 3.50. The van der Waals surface area contributed by atoms with Gasteiger partial charge in [0.2, 0.25) is 5.91 Å². The van der Waals surface area contributed by atoms with Gasteiger partial charge in [-0.3, -0.25) is 4.79 Å². The highest BCUT2D eigenvalue weighted by Crippen LogP contribution is 2.35. The van der Waals surface area contributed by atoms with Gasteiger partial charge in [-0.1, -0.05) is 18.2 Å². The molecule has 0 radical (unpaired) electrons. The Balaban J connectivity index is 1.43. The van der Waals surface area contributed by atoms with E-state index < -0.39 is 0 Å². The number of aromatic nitrogens is 1. The first kappa shape index (κ1) is 14.8. The van der Waals surface area contributed by atoms with E-state index in [1.807, 2.05) is 18.2 Å². The Hall–Kier alpha value is -1.72. The molecule has 3 aromatic rings. The zero-order valence-corrected chi connectivity index (χ0v) is 14.4. The number of thiazole rings is 1. The first-order valence-electron chi connectivity index (χ1n) is 7.98. The van der Waals surface area contributed by atoms with E-state index in [-0.39, 0.29) is 11.9 Å². The van der Waals surface area contributed by atoms with E-state index in [1.54, 1.807) is 22.7 Å². The van der Waals surface area contributed by atoms with Gasteiger partial charge in [0.15, 0.2) is 0 Å². The number of nitrogens with zero attached hydrogens (tertiary/aromatic N) is 2. The maximum Gasteiger partial charge on any atom is 0.223 e. The van der Waals surface area contributed by atoms with Crippen molar-refractivity contribution in [2.45, 2.75) is 31.7 Å². The largest absolute Gasteiger partial charge is 0.335 e. The molecule has 2 aromatic heterocycles. The van der Waals surface area contributed by atoms with Crippen LogP contribution in [0.25, 0.3) is 10.2 Å². The fraction of sp³-hybridized carbons (Fsp3) is 0.333. The average molecular weight is 342 g/mol. The smallest absolute Gasteiger partial charge is 0.223 e. The summed E-state index contributed by atoms with van der Waals surface area (Å²) in [4.78, 5) is 20.7. The molecule has 0 spiro atoms. The SMILES string of the molecule is O=C(CCc1nc2ccccc2s1)N1CCC[C@@H]1c1cccs1. The number of para-hydroxylation sites is 1. The van der Waals surface area contributed by atoms with Crippen LogP contribution in [-0.2, 0) is 11.2 Å². The number of aryl methyl sites for hydroxylation is 1. The predicted molar refractivity (Wildman–Crippen MR) is 95.9 cm³/mol. The molecule has 0 aliphatic carbocycles. The van der Waals surface area contributed by atoms with Crippen molar-refractivity contribution >= 4 is 38.8 Å². The van der Waals surface area contributed by atoms with Crippen molar-refractivity contribution in [1.29, 1.82) is 0 Å². The lowest BCUT2D eigenvalue weighted by Gasteiger charge is -2.23. The summed E-state index contributed by atoms with van der Waals surface area (Å²) < 4.78 is 1.20. The van der Waals surface area contributed by atoms with Crippen LogP contribution in [0.15, 0.2) is 41.8 Å². The Morgan fingerprint density at radius 3 is 3.00 bits per heavy atom. The number of amides is 1. The molecule has 3 heterocycles. The van der Waals surface area contributed by atoms with Gasteiger partial charge in [0.1, 0.15) is 0 Å². The van der Waals surface area contributed by atoms with E-state index in [2.05, 4.69) is 33.5 Å². The average Bonchev–Trinajstić information content (AvgIpc) is 3.31. The standard InChI is InChI=1S/C18H18N2OS2/c21-18(20-11-3-6-14(20)16-8-4-12-22-16)10-9-17-19-13-5-1-2-7-15(13)23-17/h1-2,4-5,7-8,12,14H,3,6,9-11H2/t14-/m1/s1. The number of benzene rings is 1. The Morgan fingerprint density at radius 2 is 2.17 bits per heavy atom. The zero-order valence-electron chi connectivity index (χ0n) is 12.8. The Kier molecular flexibility index (Phi) is 4.14. The molecular formula is C18H18N2OS2. The van der Waals surface area contributed by atoms with Gasteiger partial charge in [-0.2, -0.15) is 0 Å². The molecule has 1 amide bonds. The van der Waals surface area contributed by atoms with E-state index >= 15 is 0 Å². The summed E-state index contributed by atoms with van der Waals surface area (Å²) in [5, 5.41) is 3.16. The van der Waals surface area contributed by atoms with Crippen LogP contribution in [0.5, 0.6) is 0 Å². The van der Waals surface area contributed by atoms with Crippen LogP contribution < -0.4 is 0 Å². The summed E-state index contributed by atoms with van der Waals surface area (Å²) in [6.45, 7) is 0.890. The lowest BCUT2D eigenvalue weighted by Crippen LogP contribution is -2.30. The number of rotatable bonds is 4. The van der Waals surface area contributed by atoms with Crippen LogP contribution in [0.4, 0.5) is 0 Å². The van der Waals surface area contributed by atoms with Crippen LogP contribution in [0, 0.1) is 0 Å². The third kappa shape index (κ3) is 3.03. The summed E-state index contributed by atoms with van der Waals surface area (Å²) in [5.74, 6) is 0.264.